The molecule has 1 aromatic heterocycles. The van der Waals surface area contributed by atoms with E-state index in [2.05, 4.69) is 0 Å². The Hall–Kier alpha value is -4.07. The SMILES string of the molecule is COc1cc(-c2oc3cc(O)cc(O)c3c(=O)c2O[C@H]2O[C@H](CO[C@@H]3O[C@@H](C)[C@@H](O)[C@H](O[C@@H]4O[C@H](C)[C@@H](O)[C@@H](O)[C@H]4O)[C@H]3O)[C@H](O)[C@H](O)[C@H]2O)cc(O)c1O. The third-order valence-electron chi connectivity index (χ3n) is 9.66. The number of phenolic OH excluding ortho intramolecular Hbond substituents is 4. The van der Waals surface area contributed by atoms with Crippen LogP contribution in [0.1, 0.15) is 13.8 Å². The molecule has 3 saturated heterocycles. The lowest BCUT2D eigenvalue weighted by atomic mass is 9.97. The van der Waals surface area contributed by atoms with Crippen LogP contribution in [-0.2, 0) is 23.7 Å². The van der Waals surface area contributed by atoms with Crippen molar-refractivity contribution < 1.29 is 98.9 Å². The number of rotatable bonds is 9. The van der Waals surface area contributed by atoms with Crippen molar-refractivity contribution in [1.29, 1.82) is 0 Å². The fraction of sp³-hybridized carbons (Fsp3) is 0.559. The van der Waals surface area contributed by atoms with Crippen LogP contribution in [0.2, 0.25) is 0 Å². The Kier molecular flexibility index (Phi) is 11.7. The topological polar surface area (TPSA) is 338 Å². The predicted octanol–water partition coefficient (Wildman–Crippen LogP) is -2.83. The molecule has 0 spiro atoms. The second-order valence-electron chi connectivity index (χ2n) is 13.4. The monoisotopic (exact) mass is 786 g/mol. The molecule has 0 radical (unpaired) electrons. The Morgan fingerprint density at radius 2 is 1.31 bits per heavy atom. The van der Waals surface area contributed by atoms with Gasteiger partial charge in [0.15, 0.2) is 29.8 Å². The summed E-state index contributed by atoms with van der Waals surface area (Å²) in [5, 5.41) is 126. The highest BCUT2D eigenvalue weighted by Crippen LogP contribution is 2.43. The van der Waals surface area contributed by atoms with Crippen LogP contribution in [0.4, 0.5) is 0 Å². The van der Waals surface area contributed by atoms with Crippen LogP contribution in [0, 0.1) is 0 Å². The van der Waals surface area contributed by atoms with E-state index in [-0.39, 0.29) is 16.9 Å². The quantitative estimate of drug-likeness (QED) is 0.0973. The average Bonchev–Trinajstić information content (AvgIpc) is 3.14. The summed E-state index contributed by atoms with van der Waals surface area (Å²) in [5.41, 5.74) is -1.61. The number of fused-ring (bicyclic) bond motifs is 1. The Morgan fingerprint density at radius 1 is 0.673 bits per heavy atom. The van der Waals surface area contributed by atoms with Crippen molar-refractivity contribution in [2.45, 2.75) is 106 Å². The summed E-state index contributed by atoms with van der Waals surface area (Å²) in [6, 6.07) is 3.94. The highest BCUT2D eigenvalue weighted by Gasteiger charge is 2.51. The molecule has 2 aromatic carbocycles. The number of aliphatic hydroxyl groups is 8. The van der Waals surface area contributed by atoms with Gasteiger partial charge in [0.2, 0.25) is 23.2 Å². The van der Waals surface area contributed by atoms with Gasteiger partial charge in [0.05, 0.1) is 25.9 Å². The van der Waals surface area contributed by atoms with E-state index >= 15 is 0 Å². The van der Waals surface area contributed by atoms with Gasteiger partial charge in [-0.2, -0.15) is 0 Å². The van der Waals surface area contributed by atoms with Crippen LogP contribution >= 0.6 is 0 Å². The first-order valence-corrected chi connectivity index (χ1v) is 16.9. The average molecular weight is 787 g/mol. The molecule has 6 rings (SSSR count). The molecule has 55 heavy (non-hydrogen) atoms. The summed E-state index contributed by atoms with van der Waals surface area (Å²) < 4.78 is 44.7. The Bertz CT molecular complexity index is 1900. The molecule has 3 aliphatic heterocycles. The third kappa shape index (κ3) is 7.59. The smallest absolute Gasteiger partial charge is 0.239 e. The number of methoxy groups -OCH3 is 1. The van der Waals surface area contributed by atoms with Crippen molar-refractivity contribution in [2.24, 2.45) is 0 Å². The van der Waals surface area contributed by atoms with Crippen LogP contribution in [0.5, 0.6) is 34.5 Å². The second kappa shape index (κ2) is 15.8. The van der Waals surface area contributed by atoms with E-state index in [0.717, 1.165) is 24.3 Å². The summed E-state index contributed by atoms with van der Waals surface area (Å²) in [6.07, 6.45) is -24.7. The third-order valence-corrected chi connectivity index (χ3v) is 9.66. The molecule has 3 fully saturated rings. The van der Waals surface area contributed by atoms with Crippen molar-refractivity contribution in [3.63, 3.8) is 0 Å². The lowest BCUT2D eigenvalue weighted by Gasteiger charge is -2.46. The fourth-order valence-electron chi connectivity index (χ4n) is 6.48. The molecule has 0 aliphatic carbocycles. The Morgan fingerprint density at radius 3 is 2.00 bits per heavy atom. The van der Waals surface area contributed by atoms with E-state index in [1.54, 1.807) is 0 Å². The first-order chi connectivity index (χ1) is 25.9. The van der Waals surface area contributed by atoms with Gasteiger partial charge in [-0.05, 0) is 26.0 Å². The summed E-state index contributed by atoms with van der Waals surface area (Å²) in [7, 11) is 1.17. The van der Waals surface area contributed by atoms with E-state index < -0.39 is 144 Å². The lowest BCUT2D eigenvalue weighted by molar-refractivity contribution is -0.358. The molecule has 3 aliphatic rings. The molecule has 0 unspecified atom stereocenters. The first-order valence-electron chi connectivity index (χ1n) is 16.9. The number of ether oxygens (including phenoxy) is 7. The van der Waals surface area contributed by atoms with Gasteiger partial charge in [-0.1, -0.05) is 0 Å². The number of aromatic hydroxyl groups is 4. The van der Waals surface area contributed by atoms with Crippen molar-refractivity contribution in [2.75, 3.05) is 13.7 Å². The van der Waals surface area contributed by atoms with Gasteiger partial charge in [0, 0.05) is 17.7 Å². The van der Waals surface area contributed by atoms with E-state index in [9.17, 15) is 66.1 Å². The van der Waals surface area contributed by atoms with E-state index in [0.29, 0.717) is 0 Å². The molecule has 15 atom stereocenters. The highest BCUT2D eigenvalue weighted by atomic mass is 16.7. The molecule has 21 heteroatoms. The van der Waals surface area contributed by atoms with Crippen LogP contribution in [0.15, 0.2) is 33.5 Å². The van der Waals surface area contributed by atoms with Gasteiger partial charge in [-0.3, -0.25) is 4.79 Å². The minimum absolute atomic E-state index is 0.155. The zero-order chi connectivity index (χ0) is 40.2. The molecule has 21 nitrogen and oxygen atoms in total. The Balaban J connectivity index is 1.26. The zero-order valence-corrected chi connectivity index (χ0v) is 29.2. The van der Waals surface area contributed by atoms with E-state index in [4.69, 9.17) is 37.6 Å². The largest absolute Gasteiger partial charge is 0.508 e. The van der Waals surface area contributed by atoms with Crippen molar-refractivity contribution in [3.05, 3.63) is 34.5 Å². The molecule has 0 saturated carbocycles. The molecule has 12 N–H and O–H groups in total. The molecular formula is C34H42O21. The molecule has 4 heterocycles. The summed E-state index contributed by atoms with van der Waals surface area (Å²) >= 11 is 0. The number of aliphatic hydroxyl groups excluding tert-OH is 8. The summed E-state index contributed by atoms with van der Waals surface area (Å²) in [5.74, 6) is -4.17. The predicted molar refractivity (Wildman–Crippen MR) is 178 cm³/mol. The summed E-state index contributed by atoms with van der Waals surface area (Å²) in [6.45, 7) is 2.08. The first kappa shape index (κ1) is 40.6. The maximum Gasteiger partial charge on any atom is 0.239 e. The van der Waals surface area contributed by atoms with Gasteiger partial charge in [-0.25, -0.2) is 0 Å². The van der Waals surface area contributed by atoms with Gasteiger partial charge in [0.1, 0.15) is 83.5 Å². The van der Waals surface area contributed by atoms with Crippen molar-refractivity contribution in [1.82, 2.24) is 0 Å². The normalized spacial score (nSPS) is 36.8. The molecule has 3 aromatic rings. The molecule has 0 amide bonds. The Labute approximate surface area is 309 Å². The molecule has 0 bridgehead atoms. The zero-order valence-electron chi connectivity index (χ0n) is 29.2. The molecular weight excluding hydrogens is 744 g/mol. The van der Waals surface area contributed by atoms with E-state index in [1.165, 1.54) is 21.0 Å². The highest BCUT2D eigenvalue weighted by molar-refractivity contribution is 5.88. The minimum atomic E-state index is -2.06. The second-order valence-corrected chi connectivity index (χ2v) is 13.4. The van der Waals surface area contributed by atoms with Gasteiger partial charge >= 0.3 is 0 Å². The van der Waals surface area contributed by atoms with Crippen molar-refractivity contribution in [3.8, 4) is 45.8 Å². The van der Waals surface area contributed by atoms with Crippen LogP contribution in [0.3, 0.4) is 0 Å². The van der Waals surface area contributed by atoms with Crippen molar-refractivity contribution >= 4 is 11.0 Å². The number of hydrogen-bond acceptors (Lipinski definition) is 21. The van der Waals surface area contributed by atoms with Gasteiger partial charge in [-0.15, -0.1) is 0 Å². The fourth-order valence-corrected chi connectivity index (χ4v) is 6.48. The standard InChI is InChI=1S/C34H42O21/c1-9-19(38)24(43)26(45)33(51-9)54-30-20(39)10(2)50-32(28(30)47)49-8-17-22(41)25(44)27(46)34(53-17)55-31-23(42)18-13(36)6-12(35)7-15(18)52-29(31)11-4-14(37)21(40)16(5-11)48-3/h4-7,9-10,17,19-20,22,24-28,30,32-41,43-47H,8H2,1-3H3/t9-,10+,17-,19-,20-,22+,24-,25+,26-,27-,28-,30+,32-,33+,34-/m1/s1. The lowest BCUT2D eigenvalue weighted by Crippen LogP contribution is -2.64. The molecule has 304 valence electrons. The number of hydrogen-bond donors (Lipinski definition) is 12. The van der Waals surface area contributed by atoms with Crippen LogP contribution in [-0.4, -0.2) is 167 Å². The van der Waals surface area contributed by atoms with E-state index in [1.807, 2.05) is 0 Å². The number of phenols is 4. The maximum absolute atomic E-state index is 13.9. The van der Waals surface area contributed by atoms with Gasteiger partial charge < -0.3 is 98.9 Å². The van der Waals surface area contributed by atoms with Gasteiger partial charge in [0.25, 0.3) is 0 Å². The maximum atomic E-state index is 13.9. The minimum Gasteiger partial charge on any atom is -0.508 e. The number of benzene rings is 2. The summed E-state index contributed by atoms with van der Waals surface area (Å²) in [4.78, 5) is 13.9. The van der Waals surface area contributed by atoms with Crippen LogP contribution in [0.25, 0.3) is 22.3 Å². The van der Waals surface area contributed by atoms with Crippen LogP contribution < -0.4 is 14.9 Å².